The maximum absolute atomic E-state index is 11.3. The van der Waals surface area contributed by atoms with Gasteiger partial charge in [0.15, 0.2) is 0 Å². The first kappa shape index (κ1) is 13.0. The standard InChI is InChI=1S/C14H11ClO2S/c1-17-10-6-8-11(9-7-10)18-13-5-3-2-4-12(13)14(15)16/h2-9H,1H3. The second-order valence-electron chi connectivity index (χ2n) is 3.55. The van der Waals surface area contributed by atoms with Crippen molar-refractivity contribution in [1.82, 2.24) is 0 Å². The topological polar surface area (TPSA) is 26.3 Å². The summed E-state index contributed by atoms with van der Waals surface area (Å²) in [7, 11) is 1.63. The Labute approximate surface area is 115 Å². The molecule has 0 radical (unpaired) electrons. The van der Waals surface area contributed by atoms with Gasteiger partial charge >= 0.3 is 0 Å². The molecule has 2 aromatic carbocycles. The van der Waals surface area contributed by atoms with Crippen LogP contribution in [0.1, 0.15) is 10.4 Å². The molecule has 0 bridgehead atoms. The first-order chi connectivity index (χ1) is 8.70. The maximum Gasteiger partial charge on any atom is 0.253 e. The van der Waals surface area contributed by atoms with E-state index in [-0.39, 0.29) is 0 Å². The van der Waals surface area contributed by atoms with Crippen molar-refractivity contribution in [2.24, 2.45) is 0 Å². The molecule has 0 atom stereocenters. The number of carbonyl (C=O) groups excluding carboxylic acids is 1. The molecule has 2 rings (SSSR count). The summed E-state index contributed by atoms with van der Waals surface area (Å²) >= 11 is 7.05. The minimum Gasteiger partial charge on any atom is -0.497 e. The van der Waals surface area contributed by atoms with Gasteiger partial charge in [-0.3, -0.25) is 4.79 Å². The van der Waals surface area contributed by atoms with Gasteiger partial charge in [0.2, 0.25) is 0 Å². The molecular weight excluding hydrogens is 268 g/mol. The summed E-state index contributed by atoms with van der Waals surface area (Å²) in [4.78, 5) is 13.2. The summed E-state index contributed by atoms with van der Waals surface area (Å²) in [5, 5.41) is -0.438. The van der Waals surface area contributed by atoms with Crippen molar-refractivity contribution in [3.63, 3.8) is 0 Å². The molecule has 0 aliphatic heterocycles. The van der Waals surface area contributed by atoms with E-state index in [4.69, 9.17) is 16.3 Å². The Bertz CT molecular complexity index is 552. The van der Waals surface area contributed by atoms with Crippen LogP contribution in [0.15, 0.2) is 58.3 Å². The highest BCUT2D eigenvalue weighted by Crippen LogP contribution is 2.32. The first-order valence-corrected chi connectivity index (χ1v) is 6.51. The highest BCUT2D eigenvalue weighted by molar-refractivity contribution is 7.99. The predicted octanol–water partition coefficient (Wildman–Crippen LogP) is 4.23. The molecule has 0 spiro atoms. The van der Waals surface area contributed by atoms with Gasteiger partial charge in [0.05, 0.1) is 7.11 Å². The fourth-order valence-corrected chi connectivity index (χ4v) is 2.65. The third kappa shape index (κ3) is 3.06. The summed E-state index contributed by atoms with van der Waals surface area (Å²) < 4.78 is 5.10. The van der Waals surface area contributed by atoms with Crippen molar-refractivity contribution in [1.29, 1.82) is 0 Å². The minimum atomic E-state index is -0.438. The van der Waals surface area contributed by atoms with Gasteiger partial charge in [-0.05, 0) is 48.0 Å². The van der Waals surface area contributed by atoms with Crippen LogP contribution in [0.2, 0.25) is 0 Å². The maximum atomic E-state index is 11.3. The number of carbonyl (C=O) groups is 1. The van der Waals surface area contributed by atoms with Crippen molar-refractivity contribution >= 4 is 28.6 Å². The van der Waals surface area contributed by atoms with Crippen LogP contribution in [0, 0.1) is 0 Å². The molecule has 0 saturated heterocycles. The summed E-state index contributed by atoms with van der Waals surface area (Å²) in [5.41, 5.74) is 0.528. The zero-order chi connectivity index (χ0) is 13.0. The molecule has 0 unspecified atom stereocenters. The van der Waals surface area contributed by atoms with Crippen LogP contribution < -0.4 is 4.74 Å². The van der Waals surface area contributed by atoms with E-state index in [1.165, 1.54) is 11.8 Å². The molecule has 18 heavy (non-hydrogen) atoms. The van der Waals surface area contributed by atoms with Crippen LogP contribution >= 0.6 is 23.4 Å². The highest BCUT2D eigenvalue weighted by atomic mass is 35.5. The van der Waals surface area contributed by atoms with Crippen molar-refractivity contribution < 1.29 is 9.53 Å². The van der Waals surface area contributed by atoms with Crippen LogP contribution in [0.25, 0.3) is 0 Å². The lowest BCUT2D eigenvalue weighted by atomic mass is 10.2. The van der Waals surface area contributed by atoms with Crippen LogP contribution in [0.4, 0.5) is 0 Å². The van der Waals surface area contributed by atoms with Gasteiger partial charge < -0.3 is 4.74 Å². The van der Waals surface area contributed by atoms with Gasteiger partial charge in [-0.2, -0.15) is 0 Å². The van der Waals surface area contributed by atoms with E-state index in [0.717, 1.165) is 15.5 Å². The molecule has 0 aliphatic rings. The van der Waals surface area contributed by atoms with E-state index in [1.807, 2.05) is 36.4 Å². The smallest absolute Gasteiger partial charge is 0.253 e. The second-order valence-corrected chi connectivity index (χ2v) is 5.01. The summed E-state index contributed by atoms with van der Waals surface area (Å²) in [5.74, 6) is 0.807. The minimum absolute atomic E-state index is 0.438. The van der Waals surface area contributed by atoms with Gasteiger partial charge in [-0.25, -0.2) is 0 Å². The Balaban J connectivity index is 2.25. The van der Waals surface area contributed by atoms with E-state index in [0.29, 0.717) is 5.56 Å². The van der Waals surface area contributed by atoms with Crippen molar-refractivity contribution in [3.8, 4) is 5.75 Å². The monoisotopic (exact) mass is 278 g/mol. The summed E-state index contributed by atoms with van der Waals surface area (Å²) in [6.07, 6.45) is 0. The number of benzene rings is 2. The predicted molar refractivity (Wildman–Crippen MR) is 73.7 cm³/mol. The average molecular weight is 279 g/mol. The number of rotatable bonds is 4. The van der Waals surface area contributed by atoms with E-state index >= 15 is 0 Å². The summed E-state index contributed by atoms with van der Waals surface area (Å²) in [6.45, 7) is 0. The lowest BCUT2D eigenvalue weighted by Crippen LogP contribution is -1.91. The van der Waals surface area contributed by atoms with E-state index in [1.54, 1.807) is 19.2 Å². The van der Waals surface area contributed by atoms with Gasteiger partial charge in [-0.15, -0.1) is 0 Å². The number of halogens is 1. The van der Waals surface area contributed by atoms with Gasteiger partial charge in [0.25, 0.3) is 5.24 Å². The molecule has 0 amide bonds. The lowest BCUT2D eigenvalue weighted by molar-refractivity contribution is 0.107. The normalized spacial score (nSPS) is 10.1. The fraction of sp³-hybridized carbons (Fsp3) is 0.0714. The number of methoxy groups -OCH3 is 1. The SMILES string of the molecule is COc1ccc(Sc2ccccc2C(=O)Cl)cc1. The van der Waals surface area contributed by atoms with Crippen LogP contribution in [-0.4, -0.2) is 12.4 Å². The Morgan fingerprint density at radius 3 is 2.39 bits per heavy atom. The van der Waals surface area contributed by atoms with Crippen LogP contribution in [0.5, 0.6) is 5.75 Å². The van der Waals surface area contributed by atoms with E-state index < -0.39 is 5.24 Å². The van der Waals surface area contributed by atoms with Gasteiger partial charge in [-0.1, -0.05) is 23.9 Å². The van der Waals surface area contributed by atoms with Gasteiger partial charge in [0, 0.05) is 15.4 Å². The third-order valence-corrected chi connectivity index (χ3v) is 3.67. The molecule has 0 N–H and O–H groups in total. The molecule has 92 valence electrons. The fourth-order valence-electron chi connectivity index (χ4n) is 1.49. The van der Waals surface area contributed by atoms with Crippen molar-refractivity contribution in [3.05, 3.63) is 54.1 Å². The lowest BCUT2D eigenvalue weighted by Gasteiger charge is -2.06. The largest absolute Gasteiger partial charge is 0.497 e. The Morgan fingerprint density at radius 1 is 1.11 bits per heavy atom. The van der Waals surface area contributed by atoms with Crippen molar-refractivity contribution in [2.75, 3.05) is 7.11 Å². The summed E-state index contributed by atoms with van der Waals surface area (Å²) in [6, 6.07) is 14.9. The average Bonchev–Trinajstić information content (AvgIpc) is 2.40. The Hall–Kier alpha value is -1.45. The van der Waals surface area contributed by atoms with E-state index in [2.05, 4.69) is 0 Å². The quantitative estimate of drug-likeness (QED) is 0.783. The van der Waals surface area contributed by atoms with Crippen molar-refractivity contribution in [2.45, 2.75) is 9.79 Å². The molecular formula is C14H11ClO2S. The zero-order valence-electron chi connectivity index (χ0n) is 9.72. The third-order valence-electron chi connectivity index (χ3n) is 2.39. The molecule has 0 aliphatic carbocycles. The van der Waals surface area contributed by atoms with Crippen LogP contribution in [0.3, 0.4) is 0 Å². The highest BCUT2D eigenvalue weighted by Gasteiger charge is 2.09. The molecule has 0 aromatic heterocycles. The molecule has 0 heterocycles. The molecule has 0 fully saturated rings. The number of ether oxygens (including phenoxy) is 1. The first-order valence-electron chi connectivity index (χ1n) is 5.31. The van der Waals surface area contributed by atoms with Gasteiger partial charge in [0.1, 0.15) is 5.75 Å². The zero-order valence-corrected chi connectivity index (χ0v) is 11.3. The van der Waals surface area contributed by atoms with E-state index in [9.17, 15) is 4.79 Å². The molecule has 2 aromatic rings. The Kier molecular flexibility index (Phi) is 4.28. The molecule has 4 heteroatoms. The second kappa shape index (κ2) is 5.94. The van der Waals surface area contributed by atoms with Crippen LogP contribution in [-0.2, 0) is 0 Å². The number of hydrogen-bond donors (Lipinski definition) is 0. The molecule has 2 nitrogen and oxygen atoms in total. The Morgan fingerprint density at radius 2 is 1.78 bits per heavy atom. The number of hydrogen-bond acceptors (Lipinski definition) is 3. The molecule has 0 saturated carbocycles.